The quantitative estimate of drug-likeness (QED) is 0.711. The van der Waals surface area contributed by atoms with E-state index < -0.39 is 10.0 Å². The zero-order valence-corrected chi connectivity index (χ0v) is 16.5. The number of ether oxygens (including phenoxy) is 1. The van der Waals surface area contributed by atoms with Gasteiger partial charge in [-0.2, -0.15) is 0 Å². The maximum Gasteiger partial charge on any atom is 0.262 e. The minimum Gasteiger partial charge on any atom is -0.482 e. The number of hydrogen-bond acceptors (Lipinski definition) is 4. The number of benzene rings is 1. The lowest BCUT2D eigenvalue weighted by Gasteiger charge is -2.20. The number of amides is 1. The van der Waals surface area contributed by atoms with Crippen molar-refractivity contribution in [1.82, 2.24) is 4.72 Å². The van der Waals surface area contributed by atoms with Crippen molar-refractivity contribution in [2.45, 2.75) is 51.0 Å². The van der Waals surface area contributed by atoms with E-state index in [1.165, 1.54) is 6.07 Å². The van der Waals surface area contributed by atoms with Crippen LogP contribution in [0.4, 0.5) is 5.69 Å². The third-order valence-electron chi connectivity index (χ3n) is 3.73. The molecule has 0 fully saturated rings. The fraction of sp³-hybridized carbons (Fsp3) is 0.562. The summed E-state index contributed by atoms with van der Waals surface area (Å²) in [5.41, 5.74) is 0.460. The van der Waals surface area contributed by atoms with Gasteiger partial charge in [-0.3, -0.25) is 4.79 Å². The summed E-state index contributed by atoms with van der Waals surface area (Å²) in [6, 6.07) is 2.82. The Balaban J connectivity index is 2.13. The molecule has 8 heteroatoms. The highest BCUT2D eigenvalue weighted by molar-refractivity contribution is 9.10. The van der Waals surface area contributed by atoms with Gasteiger partial charge in [-0.25, -0.2) is 13.1 Å². The number of sulfonamides is 1. The molecule has 0 saturated heterocycles. The summed E-state index contributed by atoms with van der Waals surface area (Å²) >= 11 is 3.27. The van der Waals surface area contributed by atoms with Crippen LogP contribution in [-0.2, 0) is 14.8 Å². The van der Waals surface area contributed by atoms with Crippen LogP contribution in [0.5, 0.6) is 5.75 Å². The fourth-order valence-corrected chi connectivity index (χ4v) is 4.84. The molecule has 0 aromatic heterocycles. The Morgan fingerprint density at radius 3 is 2.67 bits per heavy atom. The van der Waals surface area contributed by atoms with Gasteiger partial charge in [-0.05, 0) is 41.3 Å². The molecule has 0 spiro atoms. The van der Waals surface area contributed by atoms with Crippen LogP contribution >= 0.6 is 15.9 Å². The number of halogens is 1. The largest absolute Gasteiger partial charge is 0.482 e. The van der Waals surface area contributed by atoms with Crippen molar-refractivity contribution in [2.24, 2.45) is 5.92 Å². The molecule has 1 heterocycles. The molecular formula is C16H23BrN2O4S. The lowest BCUT2D eigenvalue weighted by molar-refractivity contribution is -0.118. The minimum atomic E-state index is -3.68. The van der Waals surface area contributed by atoms with Crippen LogP contribution in [0.2, 0.25) is 0 Å². The lowest BCUT2D eigenvalue weighted by atomic mass is 10.0. The normalized spacial score (nSPS) is 15.6. The molecule has 24 heavy (non-hydrogen) atoms. The summed E-state index contributed by atoms with van der Waals surface area (Å²) in [6.07, 6.45) is 2.83. The first kappa shape index (κ1) is 19.2. The van der Waals surface area contributed by atoms with Crippen LogP contribution in [0.1, 0.15) is 40.0 Å². The number of hydrogen-bond donors (Lipinski definition) is 2. The van der Waals surface area contributed by atoms with Gasteiger partial charge in [0.1, 0.15) is 5.75 Å². The van der Waals surface area contributed by atoms with Gasteiger partial charge in [0.05, 0.1) is 10.6 Å². The van der Waals surface area contributed by atoms with E-state index in [9.17, 15) is 13.2 Å². The number of anilines is 1. The summed E-state index contributed by atoms with van der Waals surface area (Å²) in [4.78, 5) is 11.4. The maximum atomic E-state index is 12.6. The second-order valence-corrected chi connectivity index (χ2v) is 9.00. The van der Waals surface area contributed by atoms with Crippen LogP contribution < -0.4 is 14.8 Å². The van der Waals surface area contributed by atoms with Crippen LogP contribution in [0.3, 0.4) is 0 Å². The molecule has 1 atom stereocenters. The SMILES string of the molecule is CC(C)CCC[C@H](C)NS(=O)(=O)c1cc2c(cc1Br)NC(=O)CO2. The third kappa shape index (κ3) is 4.94. The van der Waals surface area contributed by atoms with E-state index in [0.717, 1.165) is 19.3 Å². The molecule has 1 aromatic rings. The van der Waals surface area contributed by atoms with Gasteiger partial charge in [-0.1, -0.05) is 26.7 Å². The van der Waals surface area contributed by atoms with Crippen molar-refractivity contribution in [1.29, 1.82) is 0 Å². The molecule has 0 saturated carbocycles. The van der Waals surface area contributed by atoms with Crippen molar-refractivity contribution in [2.75, 3.05) is 11.9 Å². The average molecular weight is 419 g/mol. The van der Waals surface area contributed by atoms with Gasteiger partial charge in [0, 0.05) is 16.6 Å². The smallest absolute Gasteiger partial charge is 0.262 e. The molecule has 1 aromatic carbocycles. The fourth-order valence-electron chi connectivity index (χ4n) is 2.51. The Morgan fingerprint density at radius 2 is 2.00 bits per heavy atom. The molecular weight excluding hydrogens is 396 g/mol. The van der Waals surface area contributed by atoms with Gasteiger partial charge < -0.3 is 10.1 Å². The monoisotopic (exact) mass is 418 g/mol. The second-order valence-electron chi connectivity index (χ2n) is 6.46. The molecule has 1 aliphatic heterocycles. The molecule has 2 N–H and O–H groups in total. The molecule has 1 amide bonds. The molecule has 1 aliphatic rings. The van der Waals surface area contributed by atoms with Crippen molar-refractivity contribution in [3.63, 3.8) is 0 Å². The zero-order valence-electron chi connectivity index (χ0n) is 14.1. The maximum absolute atomic E-state index is 12.6. The molecule has 0 aliphatic carbocycles. The first-order valence-corrected chi connectivity index (χ1v) is 10.2. The Labute approximate surface area is 151 Å². The summed E-state index contributed by atoms with van der Waals surface area (Å²) < 4.78 is 33.6. The highest BCUT2D eigenvalue weighted by Crippen LogP contribution is 2.35. The van der Waals surface area contributed by atoms with E-state index in [4.69, 9.17) is 4.74 Å². The van der Waals surface area contributed by atoms with Crippen molar-refractivity contribution in [3.05, 3.63) is 16.6 Å². The van der Waals surface area contributed by atoms with E-state index in [2.05, 4.69) is 39.8 Å². The predicted molar refractivity (Wildman–Crippen MR) is 96.7 cm³/mol. The molecule has 134 valence electrons. The van der Waals surface area contributed by atoms with Crippen LogP contribution in [0.15, 0.2) is 21.5 Å². The van der Waals surface area contributed by atoms with Gasteiger partial charge >= 0.3 is 0 Å². The van der Waals surface area contributed by atoms with E-state index >= 15 is 0 Å². The topological polar surface area (TPSA) is 84.5 Å². The van der Waals surface area contributed by atoms with Gasteiger partial charge in [0.2, 0.25) is 10.0 Å². The number of carbonyl (C=O) groups is 1. The second kappa shape index (κ2) is 7.84. The standard InChI is InChI=1S/C16H23BrN2O4S/c1-10(2)5-4-6-11(3)19-24(21,22)15-8-14-13(7-12(15)17)18-16(20)9-23-14/h7-8,10-11,19H,4-6,9H2,1-3H3,(H,18,20)/t11-/m0/s1. The summed E-state index contributed by atoms with van der Waals surface area (Å²) in [5, 5.41) is 2.65. The molecule has 0 bridgehead atoms. The molecule has 6 nitrogen and oxygen atoms in total. The van der Waals surface area contributed by atoms with Crippen molar-refractivity contribution in [3.8, 4) is 5.75 Å². The number of rotatable bonds is 7. The van der Waals surface area contributed by atoms with Crippen LogP contribution in [0.25, 0.3) is 0 Å². The highest BCUT2D eigenvalue weighted by atomic mass is 79.9. The Kier molecular flexibility index (Phi) is 6.28. The summed E-state index contributed by atoms with van der Waals surface area (Å²) in [7, 11) is -3.68. The first-order valence-electron chi connectivity index (χ1n) is 7.97. The summed E-state index contributed by atoms with van der Waals surface area (Å²) in [6.45, 7) is 6.05. The van der Waals surface area contributed by atoms with E-state index in [-0.39, 0.29) is 23.5 Å². The molecule has 0 radical (unpaired) electrons. The zero-order chi connectivity index (χ0) is 17.9. The lowest BCUT2D eigenvalue weighted by Crippen LogP contribution is -2.33. The van der Waals surface area contributed by atoms with Crippen molar-refractivity contribution < 1.29 is 17.9 Å². The number of nitrogens with one attached hydrogen (secondary N) is 2. The molecule has 2 rings (SSSR count). The van der Waals surface area contributed by atoms with E-state index in [1.54, 1.807) is 6.07 Å². The Hall–Kier alpha value is -1.12. The van der Waals surface area contributed by atoms with Crippen LogP contribution in [0, 0.1) is 5.92 Å². The molecule has 0 unspecified atom stereocenters. The third-order valence-corrected chi connectivity index (χ3v) is 6.28. The van der Waals surface area contributed by atoms with E-state index in [0.29, 0.717) is 21.8 Å². The van der Waals surface area contributed by atoms with Gasteiger partial charge in [0.15, 0.2) is 6.61 Å². The Bertz CT molecular complexity index is 719. The van der Waals surface area contributed by atoms with E-state index in [1.807, 2.05) is 6.92 Å². The van der Waals surface area contributed by atoms with Crippen LogP contribution in [-0.4, -0.2) is 27.0 Å². The predicted octanol–water partition coefficient (Wildman–Crippen LogP) is 3.27. The van der Waals surface area contributed by atoms with Gasteiger partial charge in [0.25, 0.3) is 5.91 Å². The Morgan fingerprint density at radius 1 is 1.29 bits per heavy atom. The highest BCUT2D eigenvalue weighted by Gasteiger charge is 2.25. The first-order chi connectivity index (χ1) is 11.2. The van der Waals surface area contributed by atoms with Gasteiger partial charge in [-0.15, -0.1) is 0 Å². The summed E-state index contributed by atoms with van der Waals surface area (Å²) in [5.74, 6) is 0.698. The minimum absolute atomic E-state index is 0.105. The number of carbonyl (C=O) groups excluding carboxylic acids is 1. The van der Waals surface area contributed by atoms with Crippen molar-refractivity contribution >= 4 is 37.5 Å². The average Bonchev–Trinajstić information content (AvgIpc) is 2.45. The number of fused-ring (bicyclic) bond motifs is 1.